The molecular formula is C9H12N6. The fraction of sp³-hybridized carbons (Fsp3) is 0.333. The summed E-state index contributed by atoms with van der Waals surface area (Å²) in [4.78, 5) is 8.42. The van der Waals surface area contributed by atoms with Crippen LogP contribution in [-0.2, 0) is 0 Å². The monoisotopic (exact) mass is 204 g/mol. The van der Waals surface area contributed by atoms with Gasteiger partial charge < -0.3 is 5.32 Å². The standard InChI is InChI=1S/C9H12N6/c1-2-4-10-8-3-5-11-9(13-8)7-6-12-15-14-7/h3,5-6H,2,4H2,1H3,(H,10,11,13)(H,12,14,15). The quantitative estimate of drug-likeness (QED) is 0.779. The molecule has 0 aliphatic carbocycles. The van der Waals surface area contributed by atoms with Crippen LogP contribution in [0.2, 0.25) is 0 Å². The first-order chi connectivity index (χ1) is 7.40. The van der Waals surface area contributed by atoms with Crippen molar-refractivity contribution in [3.05, 3.63) is 18.5 Å². The van der Waals surface area contributed by atoms with E-state index in [0.29, 0.717) is 11.5 Å². The van der Waals surface area contributed by atoms with E-state index in [4.69, 9.17) is 0 Å². The molecule has 0 aromatic carbocycles. The van der Waals surface area contributed by atoms with Crippen LogP contribution in [0.3, 0.4) is 0 Å². The molecular weight excluding hydrogens is 192 g/mol. The van der Waals surface area contributed by atoms with Gasteiger partial charge in [-0.15, -0.1) is 0 Å². The molecule has 0 radical (unpaired) electrons. The van der Waals surface area contributed by atoms with Crippen molar-refractivity contribution in [2.45, 2.75) is 13.3 Å². The largest absolute Gasteiger partial charge is 0.370 e. The summed E-state index contributed by atoms with van der Waals surface area (Å²) in [5.74, 6) is 1.38. The van der Waals surface area contributed by atoms with E-state index in [1.807, 2.05) is 6.07 Å². The number of H-pyrrole nitrogens is 1. The fourth-order valence-corrected chi connectivity index (χ4v) is 1.14. The molecule has 0 atom stereocenters. The number of aromatic nitrogens is 5. The van der Waals surface area contributed by atoms with Crippen molar-refractivity contribution in [3.63, 3.8) is 0 Å². The van der Waals surface area contributed by atoms with Gasteiger partial charge in [0.05, 0.1) is 6.20 Å². The Hall–Kier alpha value is -1.98. The van der Waals surface area contributed by atoms with E-state index in [2.05, 4.69) is 37.6 Å². The van der Waals surface area contributed by atoms with Gasteiger partial charge >= 0.3 is 0 Å². The molecule has 6 heteroatoms. The molecule has 0 aliphatic heterocycles. The molecule has 15 heavy (non-hydrogen) atoms. The Morgan fingerprint density at radius 1 is 1.47 bits per heavy atom. The molecule has 2 aromatic rings. The van der Waals surface area contributed by atoms with Gasteiger partial charge in [-0.05, 0) is 12.5 Å². The van der Waals surface area contributed by atoms with Gasteiger partial charge in [-0.1, -0.05) is 6.92 Å². The molecule has 2 N–H and O–H groups in total. The van der Waals surface area contributed by atoms with Crippen LogP contribution in [0, 0.1) is 0 Å². The molecule has 0 spiro atoms. The Morgan fingerprint density at radius 3 is 3.13 bits per heavy atom. The lowest BCUT2D eigenvalue weighted by Gasteiger charge is -2.03. The molecule has 0 unspecified atom stereocenters. The number of rotatable bonds is 4. The van der Waals surface area contributed by atoms with Crippen LogP contribution >= 0.6 is 0 Å². The van der Waals surface area contributed by atoms with E-state index < -0.39 is 0 Å². The summed E-state index contributed by atoms with van der Waals surface area (Å²) < 4.78 is 0. The van der Waals surface area contributed by atoms with Crippen molar-refractivity contribution in [1.29, 1.82) is 0 Å². The van der Waals surface area contributed by atoms with Crippen LogP contribution < -0.4 is 5.32 Å². The highest BCUT2D eigenvalue weighted by Crippen LogP contribution is 2.11. The minimum Gasteiger partial charge on any atom is -0.370 e. The summed E-state index contributed by atoms with van der Waals surface area (Å²) in [5, 5.41) is 13.4. The second-order valence-electron chi connectivity index (χ2n) is 3.05. The van der Waals surface area contributed by atoms with Crippen LogP contribution in [0.4, 0.5) is 5.82 Å². The second kappa shape index (κ2) is 4.50. The topological polar surface area (TPSA) is 79.4 Å². The van der Waals surface area contributed by atoms with E-state index in [9.17, 15) is 0 Å². The maximum Gasteiger partial charge on any atom is 0.183 e. The van der Waals surface area contributed by atoms with Gasteiger partial charge in [0.1, 0.15) is 11.5 Å². The maximum atomic E-state index is 4.31. The molecule has 0 fully saturated rings. The van der Waals surface area contributed by atoms with Crippen molar-refractivity contribution in [3.8, 4) is 11.5 Å². The van der Waals surface area contributed by atoms with Gasteiger partial charge in [0.25, 0.3) is 0 Å². The molecule has 0 aliphatic rings. The number of aromatic amines is 1. The lowest BCUT2D eigenvalue weighted by Crippen LogP contribution is -2.03. The number of hydrogen-bond donors (Lipinski definition) is 2. The maximum absolute atomic E-state index is 4.31. The van der Waals surface area contributed by atoms with Gasteiger partial charge in [-0.3, -0.25) is 0 Å². The average molecular weight is 204 g/mol. The summed E-state index contributed by atoms with van der Waals surface area (Å²) in [6, 6.07) is 1.83. The van der Waals surface area contributed by atoms with Gasteiger partial charge in [-0.2, -0.15) is 15.4 Å². The molecule has 6 nitrogen and oxygen atoms in total. The molecule has 0 amide bonds. The Morgan fingerprint density at radius 2 is 2.40 bits per heavy atom. The molecule has 2 aromatic heterocycles. The van der Waals surface area contributed by atoms with Crippen molar-refractivity contribution in [1.82, 2.24) is 25.4 Å². The third-order valence-electron chi connectivity index (χ3n) is 1.86. The van der Waals surface area contributed by atoms with Gasteiger partial charge in [-0.25, -0.2) is 9.97 Å². The second-order valence-corrected chi connectivity index (χ2v) is 3.05. The normalized spacial score (nSPS) is 10.2. The Labute approximate surface area is 87.2 Å². The zero-order valence-electron chi connectivity index (χ0n) is 8.44. The Kier molecular flexibility index (Phi) is 2.87. The van der Waals surface area contributed by atoms with Crippen LogP contribution in [0.5, 0.6) is 0 Å². The van der Waals surface area contributed by atoms with Crippen LogP contribution in [0.1, 0.15) is 13.3 Å². The third-order valence-corrected chi connectivity index (χ3v) is 1.86. The van der Waals surface area contributed by atoms with Gasteiger partial charge in [0, 0.05) is 12.7 Å². The minimum absolute atomic E-state index is 0.574. The molecule has 78 valence electrons. The zero-order valence-corrected chi connectivity index (χ0v) is 8.44. The lowest BCUT2D eigenvalue weighted by atomic mass is 10.4. The first-order valence-corrected chi connectivity index (χ1v) is 4.83. The van der Waals surface area contributed by atoms with Crippen LogP contribution in [-0.4, -0.2) is 31.9 Å². The number of nitrogens with zero attached hydrogens (tertiary/aromatic N) is 4. The van der Waals surface area contributed by atoms with Crippen molar-refractivity contribution < 1.29 is 0 Å². The van der Waals surface area contributed by atoms with Crippen LogP contribution in [0.15, 0.2) is 18.5 Å². The van der Waals surface area contributed by atoms with E-state index in [0.717, 1.165) is 18.8 Å². The zero-order chi connectivity index (χ0) is 10.5. The van der Waals surface area contributed by atoms with E-state index in [-0.39, 0.29) is 0 Å². The fourth-order valence-electron chi connectivity index (χ4n) is 1.14. The molecule has 0 bridgehead atoms. The number of hydrogen-bond acceptors (Lipinski definition) is 5. The summed E-state index contributed by atoms with van der Waals surface area (Å²) in [5.41, 5.74) is 0.648. The Bertz CT molecular complexity index is 410. The predicted octanol–water partition coefficient (Wildman–Crippen LogP) is 1.08. The SMILES string of the molecule is CCCNc1ccnc(-c2cn[nH]n2)n1. The predicted molar refractivity (Wildman–Crippen MR) is 56.2 cm³/mol. The average Bonchev–Trinajstić information content (AvgIpc) is 2.80. The lowest BCUT2D eigenvalue weighted by molar-refractivity contribution is 0.936. The van der Waals surface area contributed by atoms with E-state index in [1.165, 1.54) is 0 Å². The third kappa shape index (κ3) is 2.28. The molecule has 0 saturated carbocycles. The molecule has 0 saturated heterocycles. The van der Waals surface area contributed by atoms with Crippen molar-refractivity contribution in [2.24, 2.45) is 0 Å². The highest BCUT2D eigenvalue weighted by atomic mass is 15.3. The minimum atomic E-state index is 0.574. The number of nitrogens with one attached hydrogen (secondary N) is 2. The van der Waals surface area contributed by atoms with Crippen molar-refractivity contribution in [2.75, 3.05) is 11.9 Å². The first kappa shape index (κ1) is 9.57. The summed E-state index contributed by atoms with van der Waals surface area (Å²) in [6.45, 7) is 3.00. The van der Waals surface area contributed by atoms with Crippen LogP contribution in [0.25, 0.3) is 11.5 Å². The summed E-state index contributed by atoms with van der Waals surface area (Å²) in [6.07, 6.45) is 4.36. The summed E-state index contributed by atoms with van der Waals surface area (Å²) in [7, 11) is 0. The molecule has 2 rings (SSSR count). The first-order valence-electron chi connectivity index (χ1n) is 4.83. The molecule has 2 heterocycles. The van der Waals surface area contributed by atoms with Gasteiger partial charge in [0.15, 0.2) is 5.82 Å². The highest BCUT2D eigenvalue weighted by Gasteiger charge is 2.04. The summed E-state index contributed by atoms with van der Waals surface area (Å²) >= 11 is 0. The van der Waals surface area contributed by atoms with E-state index in [1.54, 1.807) is 12.4 Å². The van der Waals surface area contributed by atoms with Crippen molar-refractivity contribution >= 4 is 5.82 Å². The van der Waals surface area contributed by atoms with Gasteiger partial charge in [0.2, 0.25) is 0 Å². The number of anilines is 1. The van der Waals surface area contributed by atoms with E-state index >= 15 is 0 Å². The smallest absolute Gasteiger partial charge is 0.183 e. The highest BCUT2D eigenvalue weighted by molar-refractivity contribution is 5.49. The Balaban J connectivity index is 2.19.